The van der Waals surface area contributed by atoms with Gasteiger partial charge in [-0.1, -0.05) is 17.7 Å². The van der Waals surface area contributed by atoms with E-state index in [1.165, 1.54) is 0 Å². The molecule has 0 aliphatic rings. The van der Waals surface area contributed by atoms with Gasteiger partial charge in [-0.3, -0.25) is 5.41 Å². The molecule has 3 N–H and O–H groups in total. The average Bonchev–Trinajstić information content (AvgIpc) is 2.49. The van der Waals surface area contributed by atoms with E-state index in [1.54, 1.807) is 23.5 Å². The van der Waals surface area contributed by atoms with Crippen LogP contribution in [-0.4, -0.2) is 18.5 Å². The molecule has 0 atom stereocenters. The quantitative estimate of drug-likeness (QED) is 0.405. The van der Waals surface area contributed by atoms with Crippen LogP contribution >= 0.6 is 35.1 Å². The van der Waals surface area contributed by atoms with Crippen molar-refractivity contribution in [2.24, 2.45) is 0 Å². The first-order valence-electron chi connectivity index (χ1n) is 6.22. The van der Waals surface area contributed by atoms with Crippen LogP contribution in [0.4, 0.5) is 11.4 Å². The van der Waals surface area contributed by atoms with Crippen molar-refractivity contribution in [2.45, 2.75) is 9.79 Å². The van der Waals surface area contributed by atoms with E-state index in [4.69, 9.17) is 17.0 Å². The van der Waals surface area contributed by atoms with Crippen LogP contribution in [0, 0.1) is 5.41 Å². The zero-order valence-corrected chi connectivity index (χ0v) is 14.1. The van der Waals surface area contributed by atoms with Gasteiger partial charge in [-0.25, -0.2) is 0 Å². The Bertz CT molecular complexity index is 647. The summed E-state index contributed by atoms with van der Waals surface area (Å²) in [4.78, 5) is 2.24. The number of benzene rings is 2. The minimum Gasteiger partial charge on any atom is -0.326 e. The van der Waals surface area contributed by atoms with Crippen LogP contribution in [0.2, 0.25) is 5.02 Å². The van der Waals surface area contributed by atoms with Crippen LogP contribution in [0.3, 0.4) is 0 Å². The van der Waals surface area contributed by atoms with E-state index < -0.39 is 0 Å². The van der Waals surface area contributed by atoms with Gasteiger partial charge in [0.1, 0.15) is 0 Å². The Hall–Kier alpha value is -1.30. The molecular weight excluding hydrogens is 322 g/mol. The molecule has 0 aromatic heterocycles. The number of halogens is 1. The lowest BCUT2D eigenvalue weighted by Gasteiger charge is -2.13. The monoisotopic (exact) mass is 337 g/mol. The second kappa shape index (κ2) is 7.64. The number of hydrogen-bond donors (Lipinski definition) is 3. The topological polar surface area (TPSA) is 47.9 Å². The number of nitrogens with one attached hydrogen (secondary N) is 3. The van der Waals surface area contributed by atoms with Crippen LogP contribution in [0.1, 0.15) is 0 Å². The highest BCUT2D eigenvalue weighted by Crippen LogP contribution is 2.27. The number of thioether (sulfide) groups is 2. The first kappa shape index (κ1) is 16.1. The third kappa shape index (κ3) is 4.59. The molecule has 2 rings (SSSR count). The van der Waals surface area contributed by atoms with Gasteiger partial charge in [0.25, 0.3) is 0 Å². The lowest BCUT2D eigenvalue weighted by atomic mass is 10.3. The summed E-state index contributed by atoms with van der Waals surface area (Å²) in [5.74, 6) is 0.188. The predicted octanol–water partition coefficient (Wildman–Crippen LogP) is 5.24. The minimum absolute atomic E-state index is 0.188. The molecule has 0 heterocycles. The second-order valence-electron chi connectivity index (χ2n) is 4.20. The van der Waals surface area contributed by atoms with E-state index in [0.717, 1.165) is 21.2 Å². The van der Waals surface area contributed by atoms with E-state index in [0.29, 0.717) is 5.02 Å². The summed E-state index contributed by atoms with van der Waals surface area (Å²) in [6.07, 6.45) is 4.03. The maximum absolute atomic E-state index is 8.02. The van der Waals surface area contributed by atoms with Crippen molar-refractivity contribution in [1.29, 1.82) is 5.41 Å². The number of hydrogen-bond acceptors (Lipinski definition) is 3. The van der Waals surface area contributed by atoms with Gasteiger partial charge in [0.05, 0.1) is 10.7 Å². The van der Waals surface area contributed by atoms with Crippen molar-refractivity contribution in [2.75, 3.05) is 23.1 Å². The van der Waals surface area contributed by atoms with Crippen LogP contribution in [0.25, 0.3) is 0 Å². The van der Waals surface area contributed by atoms with Crippen molar-refractivity contribution in [3.63, 3.8) is 0 Å². The summed E-state index contributed by atoms with van der Waals surface area (Å²) in [6.45, 7) is 0. The zero-order valence-electron chi connectivity index (χ0n) is 11.7. The minimum atomic E-state index is 0.188. The largest absolute Gasteiger partial charge is 0.326 e. The van der Waals surface area contributed by atoms with Gasteiger partial charge < -0.3 is 10.6 Å². The van der Waals surface area contributed by atoms with E-state index >= 15 is 0 Å². The fourth-order valence-corrected chi connectivity index (χ4v) is 2.80. The zero-order chi connectivity index (χ0) is 15.2. The number of guanidine groups is 1. The van der Waals surface area contributed by atoms with Gasteiger partial charge in [0, 0.05) is 15.5 Å². The van der Waals surface area contributed by atoms with Gasteiger partial charge in [-0.15, -0.1) is 23.5 Å². The summed E-state index contributed by atoms with van der Waals surface area (Å²) in [6, 6.07) is 13.6. The fraction of sp³-hybridized carbons (Fsp3) is 0.133. The number of rotatable bonds is 4. The summed E-state index contributed by atoms with van der Waals surface area (Å²) in [5.41, 5.74) is 1.60. The molecule has 0 unspecified atom stereocenters. The molecule has 0 spiro atoms. The molecule has 0 amide bonds. The molecule has 0 radical (unpaired) electrons. The van der Waals surface area contributed by atoms with E-state index in [1.807, 2.05) is 55.0 Å². The summed E-state index contributed by atoms with van der Waals surface area (Å²) < 4.78 is 0. The first-order chi connectivity index (χ1) is 10.1. The lowest BCUT2D eigenvalue weighted by molar-refractivity contribution is 1.39. The highest BCUT2D eigenvalue weighted by molar-refractivity contribution is 7.98. The van der Waals surface area contributed by atoms with E-state index in [-0.39, 0.29) is 5.96 Å². The molecule has 2 aromatic carbocycles. The van der Waals surface area contributed by atoms with Crippen LogP contribution in [0.5, 0.6) is 0 Å². The standard InChI is InChI=1S/C15H16ClN3S2/c1-20-11-5-3-4-10(8-11)18-15(17)19-14-9-12(21-2)6-7-13(14)16/h3-9H,1-2H3,(H3,17,18,19). The first-order valence-corrected chi connectivity index (χ1v) is 9.05. The molecule has 0 saturated heterocycles. The average molecular weight is 338 g/mol. The van der Waals surface area contributed by atoms with Crippen molar-refractivity contribution in [1.82, 2.24) is 0 Å². The van der Waals surface area contributed by atoms with Crippen LogP contribution in [-0.2, 0) is 0 Å². The third-order valence-corrected chi connectivity index (χ3v) is 4.55. The van der Waals surface area contributed by atoms with E-state index in [9.17, 15) is 0 Å². The SMILES string of the molecule is CSc1cccc(NC(=N)Nc2cc(SC)ccc2Cl)c1. The molecule has 2 aromatic rings. The molecular formula is C15H16ClN3S2. The molecule has 21 heavy (non-hydrogen) atoms. The van der Waals surface area contributed by atoms with Gasteiger partial charge >= 0.3 is 0 Å². The Labute approximate surface area is 138 Å². The molecule has 0 fully saturated rings. The number of anilines is 2. The van der Waals surface area contributed by atoms with Gasteiger partial charge in [0.15, 0.2) is 5.96 Å². The molecule has 0 aliphatic heterocycles. The second-order valence-corrected chi connectivity index (χ2v) is 6.37. The summed E-state index contributed by atoms with van der Waals surface area (Å²) in [7, 11) is 0. The Kier molecular flexibility index (Phi) is 5.85. The molecule has 0 saturated carbocycles. The van der Waals surface area contributed by atoms with E-state index in [2.05, 4.69) is 10.6 Å². The molecule has 110 valence electrons. The Balaban J connectivity index is 2.07. The molecule has 0 bridgehead atoms. The Morgan fingerprint density at radius 3 is 2.43 bits per heavy atom. The maximum atomic E-state index is 8.02. The maximum Gasteiger partial charge on any atom is 0.197 e. The van der Waals surface area contributed by atoms with Crippen molar-refractivity contribution in [3.8, 4) is 0 Å². The molecule has 6 heteroatoms. The highest BCUT2D eigenvalue weighted by atomic mass is 35.5. The Morgan fingerprint density at radius 1 is 1.00 bits per heavy atom. The third-order valence-electron chi connectivity index (χ3n) is 2.77. The van der Waals surface area contributed by atoms with Crippen molar-refractivity contribution < 1.29 is 0 Å². The van der Waals surface area contributed by atoms with Gasteiger partial charge in [0.2, 0.25) is 0 Å². The fourth-order valence-electron chi connectivity index (χ4n) is 1.74. The molecule has 0 aliphatic carbocycles. The molecule has 3 nitrogen and oxygen atoms in total. The summed E-state index contributed by atoms with van der Waals surface area (Å²) in [5, 5.41) is 14.6. The summed E-state index contributed by atoms with van der Waals surface area (Å²) >= 11 is 9.45. The van der Waals surface area contributed by atoms with Crippen LogP contribution in [0.15, 0.2) is 52.3 Å². The predicted molar refractivity (Wildman–Crippen MR) is 96.4 cm³/mol. The van der Waals surface area contributed by atoms with Crippen LogP contribution < -0.4 is 10.6 Å². The highest BCUT2D eigenvalue weighted by Gasteiger charge is 2.05. The van der Waals surface area contributed by atoms with Gasteiger partial charge in [-0.05, 0) is 48.9 Å². The van der Waals surface area contributed by atoms with Crippen molar-refractivity contribution in [3.05, 3.63) is 47.5 Å². The lowest BCUT2D eigenvalue weighted by Crippen LogP contribution is -2.20. The van der Waals surface area contributed by atoms with Gasteiger partial charge in [-0.2, -0.15) is 0 Å². The Morgan fingerprint density at radius 2 is 1.71 bits per heavy atom. The normalized spacial score (nSPS) is 10.2. The smallest absolute Gasteiger partial charge is 0.197 e. The van der Waals surface area contributed by atoms with Crippen molar-refractivity contribution >= 4 is 52.5 Å².